The Morgan fingerprint density at radius 3 is 2.36 bits per heavy atom. The molecule has 0 fully saturated rings. The molecule has 1 amide bonds. The average Bonchev–Trinajstić information content (AvgIpc) is 3.38. The van der Waals surface area contributed by atoms with Gasteiger partial charge in [-0.3, -0.25) is 9.59 Å². The normalized spacial score (nSPS) is 13.0. The number of hydrogen-bond donors (Lipinski definition) is 2. The van der Waals surface area contributed by atoms with Gasteiger partial charge in [0.25, 0.3) is 0 Å². The number of hydrogen-bond acceptors (Lipinski definition) is 8. The van der Waals surface area contributed by atoms with Gasteiger partial charge in [-0.2, -0.15) is 0 Å². The van der Waals surface area contributed by atoms with Crippen LogP contribution in [0.3, 0.4) is 0 Å². The van der Waals surface area contributed by atoms with Crippen molar-refractivity contribution in [2.45, 2.75) is 38.5 Å². The van der Waals surface area contributed by atoms with Crippen LogP contribution in [0.2, 0.25) is 0 Å². The van der Waals surface area contributed by atoms with Crippen LogP contribution in [0.25, 0.3) is 16.9 Å². The SMILES string of the molecule is Cc1c(C(NC(=O)Cc2ccccc2)C(=O)OCCO[C@@H](O)C=O)cc(-c2ccc(C(C)C(=O)[O-])cc2)n1-c1cccc(F)c1. The van der Waals surface area contributed by atoms with Crippen molar-refractivity contribution in [3.8, 4) is 16.9 Å². The summed E-state index contributed by atoms with van der Waals surface area (Å²) in [6.45, 7) is 2.63. The van der Waals surface area contributed by atoms with Gasteiger partial charge in [0.2, 0.25) is 12.2 Å². The second kappa shape index (κ2) is 15.0. The highest BCUT2D eigenvalue weighted by Crippen LogP contribution is 2.34. The molecule has 2 unspecified atom stereocenters. The van der Waals surface area contributed by atoms with Gasteiger partial charge in [0, 0.05) is 28.8 Å². The van der Waals surface area contributed by atoms with Crippen molar-refractivity contribution in [1.82, 2.24) is 9.88 Å². The molecule has 11 heteroatoms. The molecule has 1 aromatic heterocycles. The van der Waals surface area contributed by atoms with Gasteiger partial charge in [0.05, 0.1) is 18.7 Å². The van der Waals surface area contributed by atoms with Crippen LogP contribution in [0.5, 0.6) is 0 Å². The Labute approximate surface area is 259 Å². The summed E-state index contributed by atoms with van der Waals surface area (Å²) in [6.07, 6.45) is -1.51. The zero-order valence-electron chi connectivity index (χ0n) is 24.6. The Balaban J connectivity index is 1.76. The Bertz CT molecular complexity index is 1650. The summed E-state index contributed by atoms with van der Waals surface area (Å²) in [6, 6.07) is 21.9. The number of aliphatic carboxylic acids is 1. The first kappa shape index (κ1) is 32.8. The summed E-state index contributed by atoms with van der Waals surface area (Å²) in [5.74, 6) is -3.85. The number of benzene rings is 3. The number of rotatable bonds is 14. The number of carboxylic acids is 1. The van der Waals surface area contributed by atoms with Gasteiger partial charge in [0.15, 0.2) is 12.3 Å². The summed E-state index contributed by atoms with van der Waals surface area (Å²) < 4.78 is 26.3. The minimum absolute atomic E-state index is 0.0200. The molecule has 0 aliphatic rings. The molecule has 3 aromatic carbocycles. The molecule has 0 spiro atoms. The predicted octanol–water partition coefficient (Wildman–Crippen LogP) is 2.92. The molecule has 0 radical (unpaired) electrons. The standard InChI is InChI=1S/C34H33FN2O8/c1-21(33(41)42)24-11-13-25(14-12-24)29-19-28(22(2)37(29)27-10-6-9-26(35)18-27)32(34(43)45-16-15-44-31(40)20-38)36-30(39)17-23-7-4-3-5-8-23/h3-14,18-21,31-32,40H,15-17H2,1-2H3,(H,36,39)(H,41,42)/p-1/t21?,31-,32?/m1/s1. The monoisotopic (exact) mass is 615 g/mol. The number of nitrogens with one attached hydrogen (secondary N) is 1. The smallest absolute Gasteiger partial charge is 0.333 e. The van der Waals surface area contributed by atoms with Crippen molar-refractivity contribution in [3.63, 3.8) is 0 Å². The maximum Gasteiger partial charge on any atom is 0.333 e. The Morgan fingerprint density at radius 2 is 1.71 bits per heavy atom. The van der Waals surface area contributed by atoms with Gasteiger partial charge in [-0.25, -0.2) is 9.18 Å². The van der Waals surface area contributed by atoms with E-state index in [9.17, 15) is 33.8 Å². The van der Waals surface area contributed by atoms with Gasteiger partial charge >= 0.3 is 5.97 Å². The fourth-order valence-electron chi connectivity index (χ4n) is 4.85. The Morgan fingerprint density at radius 1 is 1.00 bits per heavy atom. The fourth-order valence-corrected chi connectivity index (χ4v) is 4.85. The molecule has 3 atom stereocenters. The summed E-state index contributed by atoms with van der Waals surface area (Å²) in [5, 5.41) is 23.4. The highest BCUT2D eigenvalue weighted by molar-refractivity contribution is 5.87. The van der Waals surface area contributed by atoms with E-state index in [1.807, 2.05) is 6.07 Å². The van der Waals surface area contributed by atoms with E-state index in [1.54, 1.807) is 78.2 Å². The van der Waals surface area contributed by atoms with Crippen LogP contribution in [0, 0.1) is 12.7 Å². The van der Waals surface area contributed by atoms with Crippen molar-refractivity contribution < 1.29 is 43.3 Å². The number of aldehydes is 1. The number of nitrogens with zero attached hydrogens (tertiary/aromatic N) is 1. The van der Waals surface area contributed by atoms with Crippen molar-refractivity contribution in [1.29, 1.82) is 0 Å². The lowest BCUT2D eigenvalue weighted by Gasteiger charge is -2.19. The third kappa shape index (κ3) is 8.28. The molecule has 1 heterocycles. The molecule has 0 saturated heterocycles. The van der Waals surface area contributed by atoms with Crippen LogP contribution < -0.4 is 10.4 Å². The third-order valence-corrected chi connectivity index (χ3v) is 7.20. The number of amides is 1. The van der Waals surface area contributed by atoms with Crippen LogP contribution >= 0.6 is 0 Å². The number of carbonyl (C=O) groups excluding carboxylic acids is 4. The quantitative estimate of drug-likeness (QED) is 0.0953. The summed E-state index contributed by atoms with van der Waals surface area (Å²) in [4.78, 5) is 48.7. The molecule has 0 saturated carbocycles. The molecular formula is C34H32FN2O8-. The van der Waals surface area contributed by atoms with Gasteiger partial charge in [0.1, 0.15) is 12.4 Å². The second-order valence-electron chi connectivity index (χ2n) is 10.3. The first-order valence-corrected chi connectivity index (χ1v) is 14.1. The van der Waals surface area contributed by atoms with Crippen LogP contribution in [0.1, 0.15) is 41.3 Å². The van der Waals surface area contributed by atoms with E-state index in [0.717, 1.165) is 5.56 Å². The van der Waals surface area contributed by atoms with Crippen LogP contribution in [-0.2, 0) is 35.1 Å². The number of ether oxygens (including phenoxy) is 2. The molecule has 4 rings (SSSR count). The number of halogens is 1. The number of aromatic nitrogens is 1. The van der Waals surface area contributed by atoms with E-state index in [4.69, 9.17) is 9.47 Å². The number of aliphatic hydroxyl groups excluding tert-OH is 1. The lowest BCUT2D eigenvalue weighted by atomic mass is 9.99. The largest absolute Gasteiger partial charge is 0.550 e. The molecule has 0 bridgehead atoms. The third-order valence-electron chi connectivity index (χ3n) is 7.20. The molecule has 10 nitrogen and oxygen atoms in total. The van der Waals surface area contributed by atoms with Crippen molar-refractivity contribution in [2.24, 2.45) is 0 Å². The fraction of sp³-hybridized carbons (Fsp3) is 0.235. The topological polar surface area (TPSA) is 147 Å². The van der Waals surface area contributed by atoms with E-state index in [2.05, 4.69) is 5.32 Å². The zero-order valence-corrected chi connectivity index (χ0v) is 24.6. The minimum atomic E-state index is -1.67. The highest BCUT2D eigenvalue weighted by Gasteiger charge is 2.30. The minimum Gasteiger partial charge on any atom is -0.550 e. The van der Waals surface area contributed by atoms with Crippen LogP contribution in [-0.4, -0.2) is 53.3 Å². The van der Waals surface area contributed by atoms with Crippen molar-refractivity contribution in [2.75, 3.05) is 13.2 Å². The maximum atomic E-state index is 14.4. The highest BCUT2D eigenvalue weighted by atomic mass is 19.1. The lowest BCUT2D eigenvalue weighted by molar-refractivity contribution is -0.307. The summed E-state index contributed by atoms with van der Waals surface area (Å²) >= 11 is 0. The molecular weight excluding hydrogens is 583 g/mol. The van der Waals surface area contributed by atoms with Gasteiger partial charge in [-0.05, 0) is 47.9 Å². The van der Waals surface area contributed by atoms with Crippen LogP contribution in [0.15, 0.2) is 84.9 Å². The predicted molar refractivity (Wildman–Crippen MR) is 159 cm³/mol. The summed E-state index contributed by atoms with van der Waals surface area (Å²) in [5.41, 5.74) is 3.71. The number of carboxylic acid groups (broad SMARTS) is 1. The van der Waals surface area contributed by atoms with Crippen molar-refractivity contribution >= 4 is 24.1 Å². The molecule has 45 heavy (non-hydrogen) atoms. The van der Waals surface area contributed by atoms with E-state index in [0.29, 0.717) is 33.8 Å². The first-order valence-electron chi connectivity index (χ1n) is 14.1. The zero-order chi connectivity index (χ0) is 32.5. The molecule has 234 valence electrons. The molecule has 2 N–H and O–H groups in total. The van der Waals surface area contributed by atoms with Gasteiger partial charge in [-0.1, -0.05) is 67.6 Å². The number of esters is 1. The number of aliphatic hydroxyl groups is 1. The first-order chi connectivity index (χ1) is 21.6. The lowest BCUT2D eigenvalue weighted by Crippen LogP contribution is -2.36. The van der Waals surface area contributed by atoms with Crippen LogP contribution in [0.4, 0.5) is 4.39 Å². The van der Waals surface area contributed by atoms with E-state index in [1.165, 1.54) is 19.1 Å². The number of carbonyl (C=O) groups is 4. The maximum absolute atomic E-state index is 14.4. The van der Waals surface area contributed by atoms with E-state index < -0.39 is 41.9 Å². The van der Waals surface area contributed by atoms with E-state index in [-0.39, 0.29) is 25.9 Å². The molecule has 0 aliphatic carbocycles. The van der Waals surface area contributed by atoms with Gasteiger partial charge < -0.3 is 34.4 Å². The summed E-state index contributed by atoms with van der Waals surface area (Å²) in [7, 11) is 0. The second-order valence-corrected chi connectivity index (χ2v) is 10.3. The Kier molecular flexibility index (Phi) is 11.0. The Hall–Kier alpha value is -5.13. The molecule has 0 aliphatic heterocycles. The van der Waals surface area contributed by atoms with E-state index >= 15 is 0 Å². The average molecular weight is 616 g/mol. The van der Waals surface area contributed by atoms with Crippen molar-refractivity contribution in [3.05, 3.63) is 113 Å². The van der Waals surface area contributed by atoms with Gasteiger partial charge in [-0.15, -0.1) is 0 Å². The molecule has 4 aromatic rings.